The molecule has 168 valence electrons. The van der Waals surface area contributed by atoms with Crippen LogP contribution in [0.5, 0.6) is 0 Å². The third-order valence-corrected chi connectivity index (χ3v) is 6.03. The zero-order valence-electron chi connectivity index (χ0n) is 18.7. The summed E-state index contributed by atoms with van der Waals surface area (Å²) in [7, 11) is 0. The van der Waals surface area contributed by atoms with Gasteiger partial charge in [-0.05, 0) is 35.7 Å². The molecule has 33 heavy (non-hydrogen) atoms. The summed E-state index contributed by atoms with van der Waals surface area (Å²) in [6.45, 7) is 5.18. The van der Waals surface area contributed by atoms with Crippen molar-refractivity contribution in [2.75, 3.05) is 11.4 Å². The van der Waals surface area contributed by atoms with Gasteiger partial charge in [0, 0.05) is 23.1 Å². The van der Waals surface area contributed by atoms with Crippen LogP contribution < -0.4 is 10.2 Å². The molecule has 0 bridgehead atoms. The summed E-state index contributed by atoms with van der Waals surface area (Å²) in [5, 5.41) is 5.62. The van der Waals surface area contributed by atoms with Crippen LogP contribution in [-0.2, 0) is 6.54 Å². The maximum absolute atomic E-state index is 14.8. The highest BCUT2D eigenvalue weighted by Crippen LogP contribution is 2.34. The molecule has 0 aliphatic heterocycles. The number of anilines is 2. The van der Waals surface area contributed by atoms with Gasteiger partial charge < -0.3 is 10.2 Å². The monoisotopic (exact) mass is 459 g/mol. The molecule has 0 aliphatic carbocycles. The average Bonchev–Trinajstić information content (AvgIpc) is 3.33. The molecule has 1 heterocycles. The zero-order chi connectivity index (χ0) is 23.2. The first-order valence-electron chi connectivity index (χ1n) is 10.9. The number of nitrogens with zero attached hydrogens (tertiary/aromatic N) is 2. The maximum atomic E-state index is 14.8. The van der Waals surface area contributed by atoms with E-state index < -0.39 is 0 Å². The van der Waals surface area contributed by atoms with Gasteiger partial charge in [0.05, 0.1) is 17.9 Å². The Kier molecular flexibility index (Phi) is 7.15. The van der Waals surface area contributed by atoms with E-state index in [2.05, 4.69) is 19.2 Å². The number of amides is 1. The number of halogens is 1. The van der Waals surface area contributed by atoms with Crippen LogP contribution in [0, 0.1) is 11.7 Å². The molecule has 0 radical (unpaired) electrons. The second-order valence-electron chi connectivity index (χ2n) is 8.22. The topological polar surface area (TPSA) is 45.2 Å². The van der Waals surface area contributed by atoms with Crippen LogP contribution in [0.2, 0.25) is 0 Å². The molecule has 1 aromatic heterocycles. The fraction of sp³-hybridized carbons (Fsp3) is 0.185. The van der Waals surface area contributed by atoms with E-state index in [1.54, 1.807) is 12.1 Å². The van der Waals surface area contributed by atoms with Crippen molar-refractivity contribution < 1.29 is 9.18 Å². The first-order chi connectivity index (χ1) is 16.0. The van der Waals surface area contributed by atoms with Crippen molar-refractivity contribution in [1.82, 2.24) is 10.3 Å². The van der Waals surface area contributed by atoms with E-state index in [1.807, 2.05) is 70.9 Å². The molecule has 0 unspecified atom stereocenters. The molecule has 4 aromatic rings. The number of hydrogen-bond acceptors (Lipinski definition) is 4. The lowest BCUT2D eigenvalue weighted by Gasteiger charge is -2.23. The van der Waals surface area contributed by atoms with Gasteiger partial charge in [-0.2, -0.15) is 0 Å². The number of para-hydroxylation sites is 1. The third kappa shape index (κ3) is 5.65. The number of benzene rings is 3. The zero-order valence-corrected chi connectivity index (χ0v) is 19.5. The molecule has 4 rings (SSSR count). The van der Waals surface area contributed by atoms with Crippen LogP contribution >= 0.6 is 11.3 Å². The van der Waals surface area contributed by atoms with Gasteiger partial charge in [0.15, 0.2) is 5.13 Å². The van der Waals surface area contributed by atoms with E-state index in [1.165, 1.54) is 17.4 Å². The van der Waals surface area contributed by atoms with E-state index >= 15 is 0 Å². The minimum absolute atomic E-state index is 0.0892. The van der Waals surface area contributed by atoms with Crippen LogP contribution in [0.4, 0.5) is 15.2 Å². The van der Waals surface area contributed by atoms with Gasteiger partial charge in [-0.25, -0.2) is 9.37 Å². The maximum Gasteiger partial charge on any atom is 0.251 e. The molecular weight excluding hydrogens is 433 g/mol. The Hall–Kier alpha value is -3.51. The van der Waals surface area contributed by atoms with Crippen molar-refractivity contribution in [2.45, 2.75) is 20.4 Å². The number of hydrogen-bond donors (Lipinski definition) is 1. The largest absolute Gasteiger partial charge is 0.352 e. The quantitative estimate of drug-likeness (QED) is 0.320. The number of carbonyl (C=O) groups is 1. The minimum Gasteiger partial charge on any atom is -0.352 e. The number of aromatic nitrogens is 1. The lowest BCUT2D eigenvalue weighted by molar-refractivity contribution is 0.0949. The molecule has 0 saturated carbocycles. The number of rotatable bonds is 8. The predicted molar refractivity (Wildman–Crippen MR) is 133 cm³/mol. The molecule has 0 aliphatic rings. The lowest BCUT2D eigenvalue weighted by atomic mass is 10.1. The van der Waals surface area contributed by atoms with E-state index in [-0.39, 0.29) is 11.7 Å². The van der Waals surface area contributed by atoms with Crippen molar-refractivity contribution in [2.24, 2.45) is 5.92 Å². The Morgan fingerprint density at radius 2 is 1.70 bits per heavy atom. The molecule has 0 fully saturated rings. The molecule has 1 N–H and O–H groups in total. The summed E-state index contributed by atoms with van der Waals surface area (Å²) in [6.07, 6.45) is 0. The van der Waals surface area contributed by atoms with Gasteiger partial charge in [-0.1, -0.05) is 68.4 Å². The second-order valence-corrected chi connectivity index (χ2v) is 9.06. The average molecular weight is 460 g/mol. The number of nitrogens with one attached hydrogen (secondary N) is 1. The van der Waals surface area contributed by atoms with E-state index in [0.717, 1.165) is 16.8 Å². The van der Waals surface area contributed by atoms with Crippen LogP contribution in [0.1, 0.15) is 29.8 Å². The highest BCUT2D eigenvalue weighted by molar-refractivity contribution is 7.14. The molecular formula is C27H26FN3OS. The summed E-state index contributed by atoms with van der Waals surface area (Å²) in [5.41, 5.74) is 3.90. The van der Waals surface area contributed by atoms with Crippen molar-refractivity contribution in [1.29, 1.82) is 0 Å². The Labute approximate surface area is 197 Å². The second kappa shape index (κ2) is 10.4. The first kappa shape index (κ1) is 22.7. The predicted octanol–water partition coefficient (Wildman–Crippen LogP) is 6.67. The van der Waals surface area contributed by atoms with E-state index in [0.29, 0.717) is 35.4 Å². The van der Waals surface area contributed by atoms with Crippen LogP contribution in [0.3, 0.4) is 0 Å². The Bertz CT molecular complexity index is 1210. The lowest BCUT2D eigenvalue weighted by Crippen LogP contribution is -2.27. The van der Waals surface area contributed by atoms with Crippen LogP contribution in [0.15, 0.2) is 84.2 Å². The van der Waals surface area contributed by atoms with Crippen LogP contribution in [0.25, 0.3) is 11.3 Å². The van der Waals surface area contributed by atoms with E-state index in [4.69, 9.17) is 4.98 Å². The molecule has 4 nitrogen and oxygen atoms in total. The Morgan fingerprint density at radius 1 is 1.00 bits per heavy atom. The fourth-order valence-electron chi connectivity index (χ4n) is 3.40. The van der Waals surface area contributed by atoms with Gasteiger partial charge in [0.1, 0.15) is 5.82 Å². The third-order valence-electron chi connectivity index (χ3n) is 5.16. The van der Waals surface area contributed by atoms with Gasteiger partial charge in [-0.15, -0.1) is 11.3 Å². The molecule has 1 amide bonds. The fourth-order valence-corrected chi connectivity index (χ4v) is 4.25. The highest BCUT2D eigenvalue weighted by atomic mass is 32.1. The Balaban J connectivity index is 1.60. The van der Waals surface area contributed by atoms with Crippen molar-refractivity contribution in [3.63, 3.8) is 0 Å². The summed E-state index contributed by atoms with van der Waals surface area (Å²) >= 11 is 1.48. The van der Waals surface area contributed by atoms with Gasteiger partial charge in [0.25, 0.3) is 5.91 Å². The number of carbonyl (C=O) groups excluding carboxylic acids is 1. The summed E-state index contributed by atoms with van der Waals surface area (Å²) in [6, 6.07) is 24.1. The summed E-state index contributed by atoms with van der Waals surface area (Å²) < 4.78 is 14.8. The molecule has 0 spiro atoms. The van der Waals surface area contributed by atoms with Gasteiger partial charge in [-0.3, -0.25) is 4.79 Å². The minimum atomic E-state index is -0.307. The van der Waals surface area contributed by atoms with Crippen molar-refractivity contribution in [3.8, 4) is 11.3 Å². The SMILES string of the molecule is CC(C)CNC(=O)c1ccc(CN(c2nc(-c3ccccc3)cs2)c2ccccc2F)cc1. The molecule has 6 heteroatoms. The Morgan fingerprint density at radius 3 is 2.39 bits per heavy atom. The van der Waals surface area contributed by atoms with Crippen LogP contribution in [-0.4, -0.2) is 17.4 Å². The highest BCUT2D eigenvalue weighted by Gasteiger charge is 2.18. The molecule has 3 aromatic carbocycles. The van der Waals surface area contributed by atoms with Gasteiger partial charge >= 0.3 is 0 Å². The molecule has 0 saturated heterocycles. The number of thiazole rings is 1. The summed E-state index contributed by atoms with van der Waals surface area (Å²) in [5.74, 6) is -0.00564. The smallest absolute Gasteiger partial charge is 0.251 e. The molecule has 0 atom stereocenters. The van der Waals surface area contributed by atoms with Crippen molar-refractivity contribution in [3.05, 3.63) is 101 Å². The first-order valence-corrected chi connectivity index (χ1v) is 11.8. The standard InChI is InChI=1S/C27H26FN3OS/c1-19(2)16-29-26(32)22-14-12-20(13-15-22)17-31(25-11-7-6-10-23(25)28)27-30-24(18-33-27)21-8-4-3-5-9-21/h3-15,18-19H,16-17H2,1-2H3,(H,29,32). The van der Waals surface area contributed by atoms with Gasteiger partial charge in [0.2, 0.25) is 0 Å². The summed E-state index contributed by atoms with van der Waals surface area (Å²) in [4.78, 5) is 19.0. The van der Waals surface area contributed by atoms with Crippen molar-refractivity contribution >= 4 is 28.1 Å². The van der Waals surface area contributed by atoms with E-state index in [9.17, 15) is 9.18 Å². The normalized spacial score (nSPS) is 10.9.